The zero-order chi connectivity index (χ0) is 23.2. The van der Waals surface area contributed by atoms with Crippen molar-refractivity contribution in [3.8, 4) is 11.3 Å². The Hall–Kier alpha value is -3.63. The molecule has 2 heterocycles. The number of hydrogen-bond acceptors (Lipinski definition) is 1. The van der Waals surface area contributed by atoms with Gasteiger partial charge in [-0.2, -0.15) is 0 Å². The molecule has 0 bridgehead atoms. The van der Waals surface area contributed by atoms with Crippen LogP contribution >= 0.6 is 15.9 Å². The Morgan fingerprint density at radius 3 is 2.29 bits per heavy atom. The van der Waals surface area contributed by atoms with Crippen LogP contribution in [0.15, 0.2) is 108 Å². The van der Waals surface area contributed by atoms with Crippen molar-refractivity contribution >= 4 is 32.7 Å². The van der Waals surface area contributed by atoms with Crippen LogP contribution in [-0.4, -0.2) is 15.8 Å². The molecule has 1 N–H and O–H groups in total. The number of amides is 1. The number of carbonyl (C=O) groups excluding carboxylic acids is 1. The first-order valence-electron chi connectivity index (χ1n) is 11.5. The number of H-pyrrole nitrogens is 1. The third-order valence-electron chi connectivity index (χ3n) is 6.85. The minimum atomic E-state index is -0.200. The lowest BCUT2D eigenvalue weighted by Gasteiger charge is -2.32. The van der Waals surface area contributed by atoms with Crippen molar-refractivity contribution in [1.82, 2.24) is 9.88 Å². The molecule has 5 aromatic rings. The molecule has 0 radical (unpaired) electrons. The lowest BCUT2D eigenvalue weighted by molar-refractivity contribution is 0.0678. The first kappa shape index (κ1) is 20.9. The highest BCUT2D eigenvalue weighted by Crippen LogP contribution is 2.48. The highest BCUT2D eigenvalue weighted by molar-refractivity contribution is 9.10. The maximum absolute atomic E-state index is 13.9. The van der Waals surface area contributed by atoms with Crippen molar-refractivity contribution in [2.24, 2.45) is 0 Å². The Balaban J connectivity index is 1.62. The summed E-state index contributed by atoms with van der Waals surface area (Å²) in [6.07, 6.45) is 0. The van der Waals surface area contributed by atoms with Gasteiger partial charge >= 0.3 is 0 Å². The van der Waals surface area contributed by atoms with E-state index in [0.29, 0.717) is 0 Å². The van der Waals surface area contributed by atoms with Gasteiger partial charge in [0.2, 0.25) is 0 Å². The summed E-state index contributed by atoms with van der Waals surface area (Å²) in [7, 11) is 0. The van der Waals surface area contributed by atoms with Gasteiger partial charge in [0.1, 0.15) is 0 Å². The summed E-state index contributed by atoms with van der Waals surface area (Å²) >= 11 is 3.56. The molecule has 2 atom stereocenters. The van der Waals surface area contributed by atoms with Crippen LogP contribution in [0.1, 0.15) is 46.1 Å². The first-order valence-corrected chi connectivity index (χ1v) is 12.3. The number of nitrogens with one attached hydrogen (secondary N) is 1. The summed E-state index contributed by atoms with van der Waals surface area (Å²) in [5.74, 6) is 0.0731. The predicted molar refractivity (Wildman–Crippen MR) is 141 cm³/mol. The number of para-hydroxylation sites is 1. The molecule has 166 valence electrons. The van der Waals surface area contributed by atoms with E-state index in [1.54, 1.807) is 0 Å². The van der Waals surface area contributed by atoms with E-state index in [1.165, 1.54) is 0 Å². The second-order valence-corrected chi connectivity index (χ2v) is 9.67. The number of aromatic amines is 1. The van der Waals surface area contributed by atoms with Gasteiger partial charge in [-0.1, -0.05) is 94.8 Å². The second-order valence-electron chi connectivity index (χ2n) is 8.76. The quantitative estimate of drug-likeness (QED) is 0.264. The summed E-state index contributed by atoms with van der Waals surface area (Å²) in [4.78, 5) is 19.6. The Morgan fingerprint density at radius 2 is 1.50 bits per heavy atom. The van der Waals surface area contributed by atoms with E-state index in [-0.39, 0.29) is 18.0 Å². The van der Waals surface area contributed by atoms with Gasteiger partial charge in [0.05, 0.1) is 17.8 Å². The maximum atomic E-state index is 13.9. The molecular weight excluding hydrogens is 484 g/mol. The summed E-state index contributed by atoms with van der Waals surface area (Å²) in [6, 6.07) is 34.8. The SMILES string of the molecule is C[C@@H](c1ccccc1)N1C(=O)c2ccccc2[C@H]1c1c(-c2ccc(Br)cc2)[nH]c2ccccc12. The molecule has 0 spiro atoms. The van der Waals surface area contributed by atoms with Gasteiger partial charge in [-0.3, -0.25) is 4.79 Å². The zero-order valence-corrected chi connectivity index (χ0v) is 20.3. The van der Waals surface area contributed by atoms with Gasteiger partial charge in [0.15, 0.2) is 0 Å². The number of nitrogens with zero attached hydrogens (tertiary/aromatic N) is 1. The fourth-order valence-corrected chi connectivity index (χ4v) is 5.48. The number of halogens is 1. The van der Waals surface area contributed by atoms with Gasteiger partial charge in [0.25, 0.3) is 5.91 Å². The molecule has 3 nitrogen and oxygen atoms in total. The number of benzene rings is 4. The molecule has 6 rings (SSSR count). The van der Waals surface area contributed by atoms with E-state index in [2.05, 4.69) is 93.4 Å². The summed E-state index contributed by atoms with van der Waals surface area (Å²) in [5, 5.41) is 1.14. The lowest BCUT2D eigenvalue weighted by atomic mass is 9.92. The van der Waals surface area contributed by atoms with Crippen LogP contribution in [0.25, 0.3) is 22.2 Å². The molecule has 1 aliphatic rings. The van der Waals surface area contributed by atoms with Crippen molar-refractivity contribution in [2.75, 3.05) is 0 Å². The Labute approximate surface area is 207 Å². The molecule has 4 heteroatoms. The van der Waals surface area contributed by atoms with E-state index >= 15 is 0 Å². The van der Waals surface area contributed by atoms with Gasteiger partial charge in [-0.15, -0.1) is 0 Å². The molecular formula is C30H23BrN2O. The van der Waals surface area contributed by atoms with Gasteiger partial charge in [0, 0.05) is 26.5 Å². The molecule has 1 aliphatic heterocycles. The van der Waals surface area contributed by atoms with E-state index in [1.807, 2.05) is 42.5 Å². The molecule has 1 amide bonds. The molecule has 0 aliphatic carbocycles. The van der Waals surface area contributed by atoms with Crippen molar-refractivity contribution in [3.05, 3.63) is 130 Å². The van der Waals surface area contributed by atoms with Gasteiger partial charge in [-0.25, -0.2) is 0 Å². The summed E-state index contributed by atoms with van der Waals surface area (Å²) in [6.45, 7) is 2.13. The third kappa shape index (κ3) is 3.29. The highest BCUT2D eigenvalue weighted by atomic mass is 79.9. The van der Waals surface area contributed by atoms with E-state index in [4.69, 9.17) is 0 Å². The monoisotopic (exact) mass is 506 g/mol. The number of rotatable bonds is 4. The average Bonchev–Trinajstić information content (AvgIpc) is 3.40. The Bertz CT molecular complexity index is 1500. The molecule has 0 unspecified atom stereocenters. The lowest BCUT2D eigenvalue weighted by Crippen LogP contribution is -2.31. The predicted octanol–water partition coefficient (Wildman–Crippen LogP) is 7.90. The minimum Gasteiger partial charge on any atom is -0.354 e. The van der Waals surface area contributed by atoms with E-state index in [9.17, 15) is 4.79 Å². The van der Waals surface area contributed by atoms with Gasteiger partial charge < -0.3 is 9.88 Å². The molecule has 0 saturated carbocycles. The fraction of sp³-hybridized carbons (Fsp3) is 0.100. The van der Waals surface area contributed by atoms with Crippen LogP contribution in [0.5, 0.6) is 0 Å². The fourth-order valence-electron chi connectivity index (χ4n) is 5.21. The standard InChI is InChI=1S/C30H23BrN2O/c1-19(20-9-3-2-4-10-20)33-29(23-11-5-6-12-24(23)30(33)34)27-25-13-7-8-14-26(25)32-28(27)21-15-17-22(31)18-16-21/h2-19,29,32H,1H3/t19-,29-/m0/s1. The Kier molecular flexibility index (Phi) is 5.11. The molecule has 34 heavy (non-hydrogen) atoms. The van der Waals surface area contributed by atoms with Crippen molar-refractivity contribution in [1.29, 1.82) is 0 Å². The van der Waals surface area contributed by atoms with E-state index < -0.39 is 0 Å². The van der Waals surface area contributed by atoms with Crippen molar-refractivity contribution < 1.29 is 4.79 Å². The molecule has 0 fully saturated rings. The third-order valence-corrected chi connectivity index (χ3v) is 7.38. The molecule has 1 aromatic heterocycles. The Morgan fingerprint density at radius 1 is 0.824 bits per heavy atom. The first-order chi connectivity index (χ1) is 16.6. The zero-order valence-electron chi connectivity index (χ0n) is 18.7. The number of fused-ring (bicyclic) bond motifs is 2. The molecule has 4 aromatic carbocycles. The average molecular weight is 507 g/mol. The summed E-state index contributed by atoms with van der Waals surface area (Å²) in [5.41, 5.74) is 7.31. The highest BCUT2D eigenvalue weighted by Gasteiger charge is 2.42. The number of carbonyl (C=O) groups is 1. The number of hydrogen-bond donors (Lipinski definition) is 1. The van der Waals surface area contributed by atoms with Crippen LogP contribution in [0.3, 0.4) is 0 Å². The van der Waals surface area contributed by atoms with Crippen LogP contribution in [0.2, 0.25) is 0 Å². The second kappa shape index (κ2) is 8.30. The minimum absolute atomic E-state index is 0.0731. The normalized spacial score (nSPS) is 16.1. The summed E-state index contributed by atoms with van der Waals surface area (Å²) < 4.78 is 1.04. The van der Waals surface area contributed by atoms with Crippen molar-refractivity contribution in [3.63, 3.8) is 0 Å². The van der Waals surface area contributed by atoms with Crippen LogP contribution in [0, 0.1) is 0 Å². The van der Waals surface area contributed by atoms with Crippen LogP contribution in [0.4, 0.5) is 0 Å². The largest absolute Gasteiger partial charge is 0.354 e. The molecule has 0 saturated heterocycles. The van der Waals surface area contributed by atoms with Crippen molar-refractivity contribution in [2.45, 2.75) is 19.0 Å². The van der Waals surface area contributed by atoms with Crippen LogP contribution in [-0.2, 0) is 0 Å². The van der Waals surface area contributed by atoms with Crippen LogP contribution < -0.4 is 0 Å². The maximum Gasteiger partial charge on any atom is 0.255 e. The van der Waals surface area contributed by atoms with E-state index in [0.717, 1.165) is 48.9 Å². The smallest absolute Gasteiger partial charge is 0.255 e. The van der Waals surface area contributed by atoms with Gasteiger partial charge in [-0.05, 0) is 47.9 Å². The topological polar surface area (TPSA) is 36.1 Å². The number of aromatic nitrogens is 1.